The smallest absolute Gasteiger partial charge is 0.201 e. The zero-order valence-electron chi connectivity index (χ0n) is 4.22. The highest BCUT2D eigenvalue weighted by molar-refractivity contribution is 6.42. The summed E-state index contributed by atoms with van der Waals surface area (Å²) in [6.07, 6.45) is 0. The number of hydrogen-bond acceptors (Lipinski definition) is 4. The molecular formula is C4H6N2O2. The van der Waals surface area contributed by atoms with Gasteiger partial charge in [0.15, 0.2) is 0 Å². The first-order chi connectivity index (χ1) is 3.84. The molecule has 0 aromatic rings. The molecule has 1 aliphatic heterocycles. The summed E-state index contributed by atoms with van der Waals surface area (Å²) in [6.45, 7) is -0.0261. The number of nitrogens with one attached hydrogen (secondary N) is 1. The van der Waals surface area contributed by atoms with Crippen LogP contribution in [0.3, 0.4) is 0 Å². The lowest BCUT2D eigenvalue weighted by molar-refractivity contribution is -0.111. The zero-order chi connectivity index (χ0) is 5.98. The van der Waals surface area contributed by atoms with Gasteiger partial charge in [-0.1, -0.05) is 0 Å². The first-order valence-corrected chi connectivity index (χ1v) is 2.28. The van der Waals surface area contributed by atoms with E-state index >= 15 is 0 Å². The zero-order valence-corrected chi connectivity index (χ0v) is 4.22. The van der Waals surface area contributed by atoms with Crippen molar-refractivity contribution >= 4 is 11.5 Å². The SMILES string of the molecule is O=C1CNN=C1CO. The molecule has 0 unspecified atom stereocenters. The highest BCUT2D eigenvalue weighted by atomic mass is 16.3. The standard InChI is InChI=1S/C4H6N2O2/c7-2-3-4(8)1-5-6-3/h5,7H,1-2H2. The van der Waals surface area contributed by atoms with Gasteiger partial charge >= 0.3 is 0 Å². The molecule has 0 saturated heterocycles. The number of carbonyl (C=O) groups excluding carboxylic acids is 1. The number of aliphatic hydroxyl groups excluding tert-OH is 1. The Labute approximate surface area is 46.2 Å². The van der Waals surface area contributed by atoms with Crippen molar-refractivity contribution in [1.29, 1.82) is 0 Å². The van der Waals surface area contributed by atoms with Crippen molar-refractivity contribution in [3.63, 3.8) is 0 Å². The summed E-state index contributed by atoms with van der Waals surface area (Å²) in [5.74, 6) is -0.118. The van der Waals surface area contributed by atoms with Crippen molar-refractivity contribution in [3.05, 3.63) is 0 Å². The van der Waals surface area contributed by atoms with Crippen LogP contribution in [0.15, 0.2) is 5.10 Å². The van der Waals surface area contributed by atoms with Gasteiger partial charge in [0.25, 0.3) is 0 Å². The largest absolute Gasteiger partial charge is 0.390 e. The maximum atomic E-state index is 10.5. The molecule has 4 nitrogen and oxygen atoms in total. The third kappa shape index (κ3) is 0.696. The van der Waals surface area contributed by atoms with E-state index in [1.54, 1.807) is 0 Å². The van der Waals surface area contributed by atoms with Crippen LogP contribution in [0, 0.1) is 0 Å². The first kappa shape index (κ1) is 5.24. The Morgan fingerprint density at radius 2 is 2.62 bits per heavy atom. The van der Waals surface area contributed by atoms with E-state index in [1.165, 1.54) is 0 Å². The average molecular weight is 114 g/mol. The fourth-order valence-electron chi connectivity index (χ4n) is 0.495. The molecule has 44 valence electrons. The number of nitrogens with zero attached hydrogens (tertiary/aromatic N) is 1. The lowest BCUT2D eigenvalue weighted by atomic mass is 10.3. The van der Waals surface area contributed by atoms with Gasteiger partial charge in [-0.15, -0.1) is 0 Å². The molecule has 1 rings (SSSR count). The number of rotatable bonds is 1. The topological polar surface area (TPSA) is 61.7 Å². The van der Waals surface area contributed by atoms with Crippen LogP contribution in [0.25, 0.3) is 0 Å². The molecule has 1 heterocycles. The van der Waals surface area contributed by atoms with E-state index in [0.29, 0.717) is 0 Å². The fourth-order valence-corrected chi connectivity index (χ4v) is 0.495. The summed E-state index contributed by atoms with van der Waals surface area (Å²) in [7, 11) is 0. The quantitative estimate of drug-likeness (QED) is 0.436. The van der Waals surface area contributed by atoms with E-state index in [1.807, 2.05) is 0 Å². The second kappa shape index (κ2) is 1.92. The van der Waals surface area contributed by atoms with E-state index in [0.717, 1.165) is 0 Å². The normalized spacial score (nSPS) is 18.1. The average Bonchev–Trinajstić information content (AvgIpc) is 2.14. The molecule has 0 aromatic carbocycles. The minimum atomic E-state index is -0.258. The number of ketones is 1. The first-order valence-electron chi connectivity index (χ1n) is 2.28. The second-order valence-corrected chi connectivity index (χ2v) is 1.47. The Morgan fingerprint density at radius 3 is 2.88 bits per heavy atom. The number of carbonyl (C=O) groups is 1. The highest BCUT2D eigenvalue weighted by Gasteiger charge is 2.14. The van der Waals surface area contributed by atoms with Crippen LogP contribution in [-0.4, -0.2) is 29.8 Å². The van der Waals surface area contributed by atoms with E-state index in [4.69, 9.17) is 5.11 Å². The summed E-state index contributed by atoms with van der Waals surface area (Å²) in [4.78, 5) is 10.5. The van der Waals surface area contributed by atoms with Gasteiger partial charge in [-0.25, -0.2) is 0 Å². The monoisotopic (exact) mass is 114 g/mol. The van der Waals surface area contributed by atoms with E-state index in [2.05, 4.69) is 10.5 Å². The Bertz CT molecular complexity index is 141. The maximum Gasteiger partial charge on any atom is 0.201 e. The van der Waals surface area contributed by atoms with Gasteiger partial charge in [0.2, 0.25) is 5.78 Å². The third-order valence-electron chi connectivity index (χ3n) is 0.925. The van der Waals surface area contributed by atoms with Crippen LogP contribution in [-0.2, 0) is 4.79 Å². The molecule has 0 saturated carbocycles. The summed E-state index contributed by atoms with van der Waals surface area (Å²) >= 11 is 0. The molecule has 1 aliphatic rings. The van der Waals surface area contributed by atoms with Crippen molar-refractivity contribution in [3.8, 4) is 0 Å². The maximum absolute atomic E-state index is 10.5. The summed E-state index contributed by atoms with van der Waals surface area (Å²) < 4.78 is 0. The molecule has 0 radical (unpaired) electrons. The predicted molar refractivity (Wildman–Crippen MR) is 27.5 cm³/mol. The van der Waals surface area contributed by atoms with E-state index < -0.39 is 0 Å². The van der Waals surface area contributed by atoms with Crippen molar-refractivity contribution in [1.82, 2.24) is 5.43 Å². The third-order valence-corrected chi connectivity index (χ3v) is 0.925. The van der Waals surface area contributed by atoms with Crippen LogP contribution < -0.4 is 5.43 Å². The van der Waals surface area contributed by atoms with Crippen molar-refractivity contribution < 1.29 is 9.90 Å². The summed E-state index contributed by atoms with van der Waals surface area (Å²) in [5.41, 5.74) is 2.68. The molecule has 0 fully saturated rings. The Kier molecular flexibility index (Phi) is 1.26. The van der Waals surface area contributed by atoms with E-state index in [-0.39, 0.29) is 24.6 Å². The molecule has 0 atom stereocenters. The Hall–Kier alpha value is -0.900. The Morgan fingerprint density at radius 1 is 1.88 bits per heavy atom. The summed E-state index contributed by atoms with van der Waals surface area (Å²) in [6, 6.07) is 0. The molecule has 4 heteroatoms. The van der Waals surface area contributed by atoms with Gasteiger partial charge in [-0.05, 0) is 0 Å². The number of hydrogen-bond donors (Lipinski definition) is 2. The lowest BCUT2D eigenvalue weighted by Gasteiger charge is -1.83. The minimum Gasteiger partial charge on any atom is -0.390 e. The van der Waals surface area contributed by atoms with Crippen molar-refractivity contribution in [2.24, 2.45) is 5.10 Å². The lowest BCUT2D eigenvalue weighted by Crippen LogP contribution is -2.16. The van der Waals surface area contributed by atoms with Gasteiger partial charge in [0.05, 0.1) is 13.2 Å². The van der Waals surface area contributed by atoms with Gasteiger partial charge in [0.1, 0.15) is 5.71 Å². The Balaban J connectivity index is 2.62. The molecule has 0 aliphatic carbocycles. The molecule has 0 spiro atoms. The van der Waals surface area contributed by atoms with Gasteiger partial charge in [-0.3, -0.25) is 4.79 Å². The number of aliphatic hydroxyl groups is 1. The van der Waals surface area contributed by atoms with Crippen LogP contribution >= 0.6 is 0 Å². The van der Waals surface area contributed by atoms with Crippen molar-refractivity contribution in [2.75, 3.05) is 13.2 Å². The highest BCUT2D eigenvalue weighted by Crippen LogP contribution is 1.85. The number of Topliss-reactive ketones (excluding diaryl/α,β-unsaturated/α-hetero) is 1. The van der Waals surface area contributed by atoms with Gasteiger partial charge < -0.3 is 10.5 Å². The van der Waals surface area contributed by atoms with Crippen molar-refractivity contribution in [2.45, 2.75) is 0 Å². The summed E-state index contributed by atoms with van der Waals surface area (Å²) in [5, 5.41) is 11.8. The number of hydrazone groups is 1. The van der Waals surface area contributed by atoms with E-state index in [9.17, 15) is 4.79 Å². The van der Waals surface area contributed by atoms with Crippen LogP contribution in [0.5, 0.6) is 0 Å². The van der Waals surface area contributed by atoms with Crippen LogP contribution in [0.1, 0.15) is 0 Å². The molecule has 0 aromatic heterocycles. The van der Waals surface area contributed by atoms with Gasteiger partial charge in [-0.2, -0.15) is 5.10 Å². The minimum absolute atomic E-state index is 0.118. The van der Waals surface area contributed by atoms with Crippen LogP contribution in [0.2, 0.25) is 0 Å². The predicted octanol–water partition coefficient (Wildman–Crippen LogP) is -1.49. The molecule has 0 amide bonds. The molecule has 0 bridgehead atoms. The molecule has 8 heavy (non-hydrogen) atoms. The second-order valence-electron chi connectivity index (χ2n) is 1.47. The molecular weight excluding hydrogens is 108 g/mol. The molecule has 2 N–H and O–H groups in total. The van der Waals surface area contributed by atoms with Crippen LogP contribution in [0.4, 0.5) is 0 Å². The van der Waals surface area contributed by atoms with Gasteiger partial charge in [0, 0.05) is 0 Å². The fraction of sp³-hybridized carbons (Fsp3) is 0.500.